The monoisotopic (exact) mass is 696 g/mol. The highest BCUT2D eigenvalue weighted by Crippen LogP contribution is 2.49. The maximum absolute atomic E-state index is 13.1. The molecular weight excluding hydrogens is 640 g/mol. The van der Waals surface area contributed by atoms with Crippen molar-refractivity contribution in [3.63, 3.8) is 0 Å². The van der Waals surface area contributed by atoms with Crippen LogP contribution in [0.2, 0.25) is 0 Å². The van der Waals surface area contributed by atoms with Crippen molar-refractivity contribution in [1.82, 2.24) is 0 Å². The lowest BCUT2D eigenvalue weighted by Gasteiger charge is -2.35. The van der Waals surface area contributed by atoms with E-state index in [1.807, 2.05) is 60.7 Å². The largest absolute Gasteiger partial charge is 0.472 e. The topological polar surface area (TPSA) is 77.5 Å². The lowest BCUT2D eigenvalue weighted by atomic mass is 9.72. The van der Waals surface area contributed by atoms with Crippen LogP contribution in [-0.4, -0.2) is 39.9 Å². The van der Waals surface area contributed by atoms with E-state index in [2.05, 4.69) is 59.4 Å². The highest BCUT2D eigenvalue weighted by molar-refractivity contribution is 5.88. The zero-order valence-corrected chi connectivity index (χ0v) is 31.6. The molecule has 0 fully saturated rings. The summed E-state index contributed by atoms with van der Waals surface area (Å²) >= 11 is 0. The molecule has 4 rings (SSSR count). The molecule has 8 heteroatoms. The molecule has 274 valence electrons. The van der Waals surface area contributed by atoms with Crippen LogP contribution in [0.25, 0.3) is 0 Å². The normalized spacial score (nSPS) is 15.7. The van der Waals surface area contributed by atoms with Gasteiger partial charge in [-0.25, -0.2) is 19.4 Å². The van der Waals surface area contributed by atoms with Crippen LogP contribution in [0.1, 0.15) is 96.6 Å². The molecule has 2 unspecified atom stereocenters. The van der Waals surface area contributed by atoms with E-state index in [1.54, 1.807) is 0 Å². The minimum absolute atomic E-state index is 0.0883. The maximum atomic E-state index is 13.1. The Labute approximate surface area is 305 Å². The van der Waals surface area contributed by atoms with E-state index in [1.165, 1.54) is 42.4 Å². The third-order valence-corrected chi connectivity index (χ3v) is 9.88. The van der Waals surface area contributed by atoms with E-state index in [0.717, 1.165) is 48.8 Å². The molecular formula is C43H56N2O6. The van der Waals surface area contributed by atoms with Crippen molar-refractivity contribution in [2.24, 2.45) is 5.92 Å². The Morgan fingerprint density at radius 2 is 1.33 bits per heavy atom. The number of ether oxygens (including phenoxy) is 4. The number of methoxy groups -OCH3 is 2. The molecule has 0 saturated carbocycles. The Hall–Kier alpha value is -4.72. The summed E-state index contributed by atoms with van der Waals surface area (Å²) < 4.78 is 23.9. The predicted octanol–water partition coefficient (Wildman–Crippen LogP) is 11.2. The van der Waals surface area contributed by atoms with Gasteiger partial charge in [0.25, 0.3) is 0 Å². The summed E-state index contributed by atoms with van der Waals surface area (Å²) in [6, 6.07) is 22.9. The Balaban J connectivity index is 1.90. The van der Waals surface area contributed by atoms with Crippen LogP contribution >= 0.6 is 0 Å². The van der Waals surface area contributed by atoms with Crippen LogP contribution in [0.15, 0.2) is 96.6 Å². The summed E-state index contributed by atoms with van der Waals surface area (Å²) in [5.74, 6) is 1.23. The lowest BCUT2D eigenvalue weighted by Crippen LogP contribution is -2.35. The molecule has 0 N–H and O–H groups in total. The fraction of sp³-hybridized carbons (Fsp3) is 0.442. The second-order valence-electron chi connectivity index (χ2n) is 14.1. The van der Waals surface area contributed by atoms with Crippen molar-refractivity contribution >= 4 is 23.6 Å². The highest BCUT2D eigenvalue weighted by Gasteiger charge is 2.34. The van der Waals surface area contributed by atoms with Gasteiger partial charge in [0.15, 0.2) is 13.5 Å². The first-order valence-corrected chi connectivity index (χ1v) is 18.1. The van der Waals surface area contributed by atoms with Gasteiger partial charge >= 0.3 is 12.2 Å². The first-order chi connectivity index (χ1) is 24.5. The Bertz CT molecular complexity index is 1550. The van der Waals surface area contributed by atoms with Crippen molar-refractivity contribution in [1.29, 1.82) is 0 Å². The zero-order valence-electron chi connectivity index (χ0n) is 31.6. The van der Waals surface area contributed by atoms with Gasteiger partial charge in [-0.2, -0.15) is 0 Å². The second kappa shape index (κ2) is 18.5. The summed E-state index contributed by atoms with van der Waals surface area (Å²) in [6.07, 6.45) is 8.71. The number of carbonyl (C=O) groups excluding carboxylic acids is 2. The summed E-state index contributed by atoms with van der Waals surface area (Å²) in [6.45, 7) is 15.2. The molecule has 3 aromatic carbocycles. The number of para-hydroxylation sites is 2. The number of nitrogens with zero attached hydrogens (tertiary/aromatic N) is 2. The van der Waals surface area contributed by atoms with Gasteiger partial charge < -0.3 is 18.9 Å². The van der Waals surface area contributed by atoms with Gasteiger partial charge in [-0.3, -0.25) is 0 Å². The van der Waals surface area contributed by atoms with Crippen molar-refractivity contribution in [2.45, 2.75) is 90.9 Å². The number of hydrogen-bond acceptors (Lipinski definition) is 6. The molecule has 8 nitrogen and oxygen atoms in total. The number of unbranched alkanes of at least 4 members (excludes halogenated alkanes) is 3. The Morgan fingerprint density at radius 1 is 0.824 bits per heavy atom. The molecule has 1 aliphatic carbocycles. The van der Waals surface area contributed by atoms with Crippen molar-refractivity contribution in [3.8, 4) is 11.5 Å². The first-order valence-electron chi connectivity index (χ1n) is 18.1. The number of benzene rings is 3. The lowest BCUT2D eigenvalue weighted by molar-refractivity contribution is 0.170. The van der Waals surface area contributed by atoms with Gasteiger partial charge in [0.1, 0.15) is 11.5 Å². The van der Waals surface area contributed by atoms with Gasteiger partial charge in [0.2, 0.25) is 0 Å². The van der Waals surface area contributed by atoms with E-state index < -0.39 is 12.2 Å². The molecule has 51 heavy (non-hydrogen) atoms. The summed E-state index contributed by atoms with van der Waals surface area (Å²) in [5.41, 5.74) is 5.32. The third kappa shape index (κ3) is 10.2. The van der Waals surface area contributed by atoms with Gasteiger partial charge in [0.05, 0.1) is 25.6 Å². The van der Waals surface area contributed by atoms with E-state index in [9.17, 15) is 9.59 Å². The number of hydrogen-bond donors (Lipinski definition) is 0. The second-order valence-corrected chi connectivity index (χ2v) is 14.1. The van der Waals surface area contributed by atoms with Gasteiger partial charge in [-0.05, 0) is 86.4 Å². The van der Waals surface area contributed by atoms with E-state index in [4.69, 9.17) is 18.9 Å². The predicted molar refractivity (Wildman–Crippen MR) is 206 cm³/mol. The third-order valence-electron chi connectivity index (χ3n) is 9.88. The van der Waals surface area contributed by atoms with Crippen molar-refractivity contribution < 1.29 is 28.5 Å². The van der Waals surface area contributed by atoms with Crippen LogP contribution in [0.4, 0.5) is 21.0 Å². The highest BCUT2D eigenvalue weighted by atomic mass is 16.6. The smallest absolute Gasteiger partial charge is 0.416 e. The van der Waals surface area contributed by atoms with Crippen LogP contribution in [0, 0.1) is 5.92 Å². The summed E-state index contributed by atoms with van der Waals surface area (Å²) in [4.78, 5) is 29.1. The summed E-state index contributed by atoms with van der Waals surface area (Å²) in [5, 5.41) is 0. The SMILES string of the molecule is C=C(C)C1CCC(C)=CC1c1c(OCN(C(=O)OC)c2ccccc2)cc(C(C)(C)CCCCCC)cc1OCN(C(=O)OC)c1ccccc1. The zero-order chi connectivity index (χ0) is 37.0. The molecule has 2 atom stereocenters. The molecule has 0 saturated heterocycles. The van der Waals surface area contributed by atoms with Crippen LogP contribution < -0.4 is 19.3 Å². The quantitative estimate of drug-likeness (QED) is 0.0843. The molecule has 1 aliphatic rings. The van der Waals surface area contributed by atoms with Gasteiger partial charge in [-0.1, -0.05) is 107 Å². The van der Waals surface area contributed by atoms with Gasteiger partial charge in [-0.15, -0.1) is 0 Å². The van der Waals surface area contributed by atoms with Crippen LogP contribution in [-0.2, 0) is 14.9 Å². The molecule has 2 amide bonds. The van der Waals surface area contributed by atoms with E-state index >= 15 is 0 Å². The van der Waals surface area contributed by atoms with E-state index in [0.29, 0.717) is 22.9 Å². The number of anilines is 2. The Kier molecular flexibility index (Phi) is 14.2. The van der Waals surface area contributed by atoms with Crippen molar-refractivity contribution in [3.05, 3.63) is 108 Å². The van der Waals surface area contributed by atoms with E-state index in [-0.39, 0.29) is 30.7 Å². The van der Waals surface area contributed by atoms with Crippen LogP contribution in [0.3, 0.4) is 0 Å². The molecule has 0 aromatic heterocycles. The molecule has 3 aromatic rings. The first kappa shape index (κ1) is 39.1. The number of carbonyl (C=O) groups is 2. The minimum atomic E-state index is -0.531. The number of amides is 2. The molecule has 0 radical (unpaired) electrons. The average molecular weight is 697 g/mol. The Morgan fingerprint density at radius 3 is 1.78 bits per heavy atom. The standard InChI is InChI=1S/C43H56N2O6/c1-9-10-11-18-25-43(5,6)33-27-38(50-29-44(41(46)48-7)34-19-14-12-15-20-34)40(37-26-32(4)23-24-36(37)31(2)3)39(28-33)51-30-45(42(47)49-8)35-21-16-13-17-22-35/h12-17,19-22,26-28,36-37H,2,9-11,18,23-25,29-30H2,1,3-8H3. The molecule has 0 bridgehead atoms. The van der Waals surface area contributed by atoms with Crippen molar-refractivity contribution in [2.75, 3.05) is 37.5 Å². The fourth-order valence-corrected chi connectivity index (χ4v) is 6.77. The maximum Gasteiger partial charge on any atom is 0.416 e. The molecule has 0 aliphatic heterocycles. The van der Waals surface area contributed by atoms with Crippen LogP contribution in [0.5, 0.6) is 11.5 Å². The molecule has 0 spiro atoms. The summed E-state index contributed by atoms with van der Waals surface area (Å²) in [7, 11) is 2.73. The minimum Gasteiger partial charge on any atom is -0.472 e. The number of allylic oxidation sites excluding steroid dienone is 3. The van der Waals surface area contributed by atoms with Gasteiger partial charge in [0, 0.05) is 11.5 Å². The number of rotatable bonds is 16. The average Bonchev–Trinajstić information content (AvgIpc) is 3.13. The molecule has 0 heterocycles. The fourth-order valence-electron chi connectivity index (χ4n) is 6.77.